The molecule has 4 heterocycles. The summed E-state index contributed by atoms with van der Waals surface area (Å²) < 4.78 is 0. The summed E-state index contributed by atoms with van der Waals surface area (Å²) in [5, 5.41) is 9.35. The van der Waals surface area contributed by atoms with Gasteiger partial charge in [-0.1, -0.05) is 29.3 Å². The van der Waals surface area contributed by atoms with Crippen LogP contribution in [-0.4, -0.2) is 41.4 Å². The number of carbonyl (C=O) groups is 2. The Morgan fingerprint density at radius 3 is 2.73 bits per heavy atom. The van der Waals surface area contributed by atoms with Crippen molar-refractivity contribution in [3.8, 4) is 0 Å². The van der Waals surface area contributed by atoms with E-state index < -0.39 is 5.54 Å². The highest BCUT2D eigenvalue weighted by Crippen LogP contribution is 2.56. The molecule has 2 aromatic rings. The smallest absolute Gasteiger partial charge is 0.245 e. The van der Waals surface area contributed by atoms with Crippen molar-refractivity contribution in [2.45, 2.75) is 36.8 Å². The molecule has 3 aliphatic heterocycles. The quantitative estimate of drug-likeness (QED) is 0.727. The van der Waals surface area contributed by atoms with Gasteiger partial charge in [0, 0.05) is 52.4 Å². The predicted octanol–water partition coefficient (Wildman–Crippen LogP) is 3.91. The molecule has 1 aliphatic carbocycles. The molecular weight excluding hydrogens is 441 g/mol. The maximum Gasteiger partial charge on any atom is 0.245 e. The molecule has 4 atom stereocenters. The van der Waals surface area contributed by atoms with E-state index in [1.807, 2.05) is 29.6 Å². The lowest BCUT2D eigenvalue weighted by atomic mass is 9.72. The third-order valence-corrected chi connectivity index (χ3v) is 8.81. The first kappa shape index (κ1) is 19.1. The van der Waals surface area contributed by atoms with Gasteiger partial charge in [0.2, 0.25) is 11.8 Å². The molecule has 2 N–H and O–H groups in total. The summed E-state index contributed by atoms with van der Waals surface area (Å²) in [6.45, 7) is 1.44. The van der Waals surface area contributed by atoms with Gasteiger partial charge in [0.1, 0.15) is 5.54 Å². The molecule has 30 heavy (non-hydrogen) atoms. The molecule has 1 spiro atoms. The van der Waals surface area contributed by atoms with Crippen molar-refractivity contribution in [3.05, 3.63) is 50.1 Å². The first-order valence-corrected chi connectivity index (χ1v) is 12.0. The van der Waals surface area contributed by atoms with Crippen LogP contribution >= 0.6 is 34.5 Å². The Morgan fingerprint density at radius 1 is 1.17 bits per heavy atom. The zero-order valence-electron chi connectivity index (χ0n) is 16.2. The fourth-order valence-corrected chi connectivity index (χ4v) is 7.25. The molecule has 3 fully saturated rings. The minimum atomic E-state index is -0.801. The standard InChI is InChI=1S/C22H21Cl2N3O2S/c23-13-4-3-12-7-22(21(29)26-15(12)5-13)19(17-6-14(24)10-30-17)18-16(8-25-20(18)28)27(22)9-11-1-2-11/h3-6,10-11,16,18-19H,1-2,7-9H2,(H,25,28)(H,26,29)/t16-,18+,19-,22+/m0/s1. The number of nitrogens with one attached hydrogen (secondary N) is 2. The number of thiophene rings is 1. The van der Waals surface area contributed by atoms with E-state index in [2.05, 4.69) is 15.5 Å². The van der Waals surface area contributed by atoms with Crippen LogP contribution in [0.25, 0.3) is 0 Å². The summed E-state index contributed by atoms with van der Waals surface area (Å²) in [5.41, 5.74) is 1.03. The highest BCUT2D eigenvalue weighted by Gasteiger charge is 2.68. The third kappa shape index (κ3) is 2.70. The van der Waals surface area contributed by atoms with E-state index in [-0.39, 0.29) is 29.7 Å². The van der Waals surface area contributed by atoms with Gasteiger partial charge in [-0.25, -0.2) is 0 Å². The van der Waals surface area contributed by atoms with E-state index in [1.54, 1.807) is 11.3 Å². The Kier molecular flexibility index (Phi) is 4.27. The Morgan fingerprint density at radius 2 is 2.00 bits per heavy atom. The van der Waals surface area contributed by atoms with Crippen molar-refractivity contribution >= 4 is 52.0 Å². The second-order valence-corrected chi connectivity index (χ2v) is 10.8. The van der Waals surface area contributed by atoms with Crippen molar-refractivity contribution in [2.75, 3.05) is 18.4 Å². The van der Waals surface area contributed by atoms with Crippen molar-refractivity contribution in [1.82, 2.24) is 10.2 Å². The minimum Gasteiger partial charge on any atom is -0.354 e. The molecule has 2 amide bonds. The van der Waals surface area contributed by atoms with Gasteiger partial charge in [0.05, 0.1) is 10.9 Å². The van der Waals surface area contributed by atoms with E-state index >= 15 is 0 Å². The van der Waals surface area contributed by atoms with E-state index in [0.717, 1.165) is 22.7 Å². The largest absolute Gasteiger partial charge is 0.354 e. The summed E-state index contributed by atoms with van der Waals surface area (Å²) in [6, 6.07) is 7.64. The summed E-state index contributed by atoms with van der Waals surface area (Å²) >= 11 is 14.0. The lowest BCUT2D eigenvalue weighted by Gasteiger charge is -2.45. The van der Waals surface area contributed by atoms with E-state index in [0.29, 0.717) is 28.9 Å². The number of carbonyl (C=O) groups excluding carboxylic acids is 2. The zero-order valence-corrected chi connectivity index (χ0v) is 18.5. The first-order chi connectivity index (χ1) is 14.5. The molecule has 1 aromatic carbocycles. The molecule has 6 rings (SSSR count). The maximum atomic E-state index is 13.9. The highest BCUT2D eigenvalue weighted by molar-refractivity contribution is 7.10. The van der Waals surface area contributed by atoms with Crippen molar-refractivity contribution < 1.29 is 9.59 Å². The van der Waals surface area contributed by atoms with Crippen LogP contribution < -0.4 is 10.6 Å². The van der Waals surface area contributed by atoms with Crippen LogP contribution in [0.4, 0.5) is 5.69 Å². The third-order valence-electron chi connectivity index (χ3n) is 7.21. The Balaban J connectivity index is 1.54. The number of likely N-dealkylation sites (tertiary alicyclic amines) is 1. The summed E-state index contributed by atoms with van der Waals surface area (Å²) in [5.74, 6) is 0.128. The number of anilines is 1. The Hall–Kier alpha value is -1.60. The molecule has 0 bridgehead atoms. The topological polar surface area (TPSA) is 61.4 Å². The Labute approximate surface area is 188 Å². The van der Waals surface area contributed by atoms with Gasteiger partial charge in [-0.3, -0.25) is 14.5 Å². The van der Waals surface area contributed by atoms with E-state index in [1.165, 1.54) is 12.8 Å². The number of hydrogen-bond acceptors (Lipinski definition) is 4. The van der Waals surface area contributed by atoms with Gasteiger partial charge in [-0.2, -0.15) is 0 Å². The summed E-state index contributed by atoms with van der Waals surface area (Å²) in [6.07, 6.45) is 2.95. The number of halogens is 2. The molecule has 1 aromatic heterocycles. The normalized spacial score (nSPS) is 32.8. The number of hydrogen-bond donors (Lipinski definition) is 2. The number of fused-ring (bicyclic) bond motifs is 2. The van der Waals surface area contributed by atoms with Gasteiger partial charge in [-0.15, -0.1) is 11.3 Å². The second kappa shape index (κ2) is 6.70. The van der Waals surface area contributed by atoms with Crippen LogP contribution in [0.1, 0.15) is 29.2 Å². The van der Waals surface area contributed by atoms with Gasteiger partial charge in [-0.05, 0) is 42.5 Å². The van der Waals surface area contributed by atoms with Crippen LogP contribution in [0.3, 0.4) is 0 Å². The monoisotopic (exact) mass is 461 g/mol. The average Bonchev–Trinajstić information content (AvgIpc) is 3.22. The number of amides is 2. The van der Waals surface area contributed by atoms with Gasteiger partial charge in [0.25, 0.3) is 0 Å². The predicted molar refractivity (Wildman–Crippen MR) is 118 cm³/mol. The average molecular weight is 462 g/mol. The molecule has 5 nitrogen and oxygen atoms in total. The molecular formula is C22H21Cl2N3O2S. The fraction of sp³-hybridized carbons (Fsp3) is 0.455. The molecule has 0 radical (unpaired) electrons. The second-order valence-electron chi connectivity index (χ2n) is 8.94. The number of rotatable bonds is 3. The lowest BCUT2D eigenvalue weighted by molar-refractivity contribution is -0.129. The first-order valence-electron chi connectivity index (χ1n) is 10.4. The summed E-state index contributed by atoms with van der Waals surface area (Å²) in [4.78, 5) is 30.2. The van der Waals surface area contributed by atoms with Gasteiger partial charge < -0.3 is 10.6 Å². The summed E-state index contributed by atoms with van der Waals surface area (Å²) in [7, 11) is 0. The highest BCUT2D eigenvalue weighted by atomic mass is 35.5. The van der Waals surface area contributed by atoms with Crippen molar-refractivity contribution in [2.24, 2.45) is 11.8 Å². The van der Waals surface area contributed by atoms with Crippen molar-refractivity contribution in [3.63, 3.8) is 0 Å². The van der Waals surface area contributed by atoms with Crippen LogP contribution in [0.2, 0.25) is 10.0 Å². The molecule has 8 heteroatoms. The minimum absolute atomic E-state index is 0.0172. The molecule has 2 saturated heterocycles. The van der Waals surface area contributed by atoms with E-state index in [9.17, 15) is 9.59 Å². The van der Waals surface area contributed by atoms with Crippen LogP contribution in [0, 0.1) is 11.8 Å². The molecule has 1 saturated carbocycles. The lowest BCUT2D eigenvalue weighted by Crippen LogP contribution is -2.62. The molecule has 0 unspecified atom stereocenters. The number of benzene rings is 1. The fourth-order valence-electron chi connectivity index (χ4n) is 5.76. The molecule has 156 valence electrons. The SMILES string of the molecule is O=C1NC[C@H]2[C@@H]1[C@H](c1cc(Cl)cs1)[C@@]1(Cc3ccc(Cl)cc3NC1=O)N2CC1CC1. The number of nitrogens with zero attached hydrogens (tertiary/aromatic N) is 1. The molecule has 4 aliphatic rings. The van der Waals surface area contributed by atoms with E-state index in [4.69, 9.17) is 23.2 Å². The van der Waals surface area contributed by atoms with Crippen LogP contribution in [0.15, 0.2) is 29.6 Å². The van der Waals surface area contributed by atoms with Gasteiger partial charge >= 0.3 is 0 Å². The Bertz CT molecular complexity index is 1070. The van der Waals surface area contributed by atoms with Gasteiger partial charge in [0.15, 0.2) is 0 Å². The van der Waals surface area contributed by atoms with Crippen LogP contribution in [0.5, 0.6) is 0 Å². The maximum absolute atomic E-state index is 13.9. The zero-order chi connectivity index (χ0) is 20.6. The van der Waals surface area contributed by atoms with Crippen molar-refractivity contribution in [1.29, 1.82) is 0 Å². The van der Waals surface area contributed by atoms with Crippen LogP contribution in [-0.2, 0) is 16.0 Å².